The molecule has 0 heterocycles. The molecule has 1 N–H and O–H groups in total. The van der Waals surface area contributed by atoms with Crippen LogP contribution in [0.3, 0.4) is 0 Å². The molecule has 72 valence electrons. The van der Waals surface area contributed by atoms with Gasteiger partial charge < -0.3 is 5.32 Å². The van der Waals surface area contributed by atoms with Crippen LogP contribution in [-0.2, 0) is 0 Å². The van der Waals surface area contributed by atoms with Gasteiger partial charge in [0.25, 0.3) is 0 Å². The van der Waals surface area contributed by atoms with E-state index in [0.29, 0.717) is 0 Å². The highest BCUT2D eigenvalue weighted by molar-refractivity contribution is 5.58. The van der Waals surface area contributed by atoms with Gasteiger partial charge in [-0.05, 0) is 24.3 Å². The summed E-state index contributed by atoms with van der Waals surface area (Å²) in [5, 5.41) is 3.30. The third kappa shape index (κ3) is 2.59. The Labute approximate surface area is 82.8 Å². The summed E-state index contributed by atoms with van der Waals surface area (Å²) < 4.78 is 0. The van der Waals surface area contributed by atoms with Gasteiger partial charge in [0.2, 0.25) is 0 Å². The summed E-state index contributed by atoms with van der Waals surface area (Å²) in [7, 11) is 0. The lowest BCUT2D eigenvalue weighted by molar-refractivity contribution is 1.11. The lowest BCUT2D eigenvalue weighted by Crippen LogP contribution is -1.87. The fraction of sp³-hybridized carbons (Fsp3) is 0. The minimum absolute atomic E-state index is 0. The average molecular weight is 189 g/mol. The molecule has 0 aliphatic carbocycles. The largest absolute Gasteiger partial charge is 0.356 e. The zero-order valence-electron chi connectivity index (χ0n) is 7.68. The van der Waals surface area contributed by atoms with Crippen molar-refractivity contribution in [1.82, 2.24) is 0 Å². The fourth-order valence-corrected chi connectivity index (χ4v) is 1.21. The van der Waals surface area contributed by atoms with Crippen LogP contribution in [0, 0.1) is 0 Å². The predicted molar refractivity (Wildman–Crippen MR) is 58.7 cm³/mol. The van der Waals surface area contributed by atoms with Crippen molar-refractivity contribution >= 4 is 11.4 Å². The molecule has 0 aromatic heterocycles. The fourth-order valence-electron chi connectivity index (χ4n) is 1.21. The molecule has 0 unspecified atom stereocenters. The lowest BCUT2D eigenvalue weighted by atomic mass is 10.3. The number of nitrogens with one attached hydrogen (secondary N) is 1. The molecule has 0 fully saturated rings. The molecule has 0 aliphatic rings. The summed E-state index contributed by atoms with van der Waals surface area (Å²) in [6.07, 6.45) is 0. The highest BCUT2D eigenvalue weighted by Crippen LogP contribution is 2.14. The van der Waals surface area contributed by atoms with Crippen molar-refractivity contribution in [2.45, 2.75) is 0 Å². The monoisotopic (exact) mass is 189 g/mol. The molecule has 0 saturated carbocycles. The average Bonchev–Trinajstić information content (AvgIpc) is 2.21. The zero-order chi connectivity index (χ0) is 8.93. The van der Waals surface area contributed by atoms with Crippen molar-refractivity contribution in [2.75, 3.05) is 5.32 Å². The summed E-state index contributed by atoms with van der Waals surface area (Å²) in [4.78, 5) is 0. The van der Waals surface area contributed by atoms with E-state index in [9.17, 15) is 0 Å². The molecule has 0 spiro atoms. The second-order valence-electron chi connectivity index (χ2n) is 2.86. The molecule has 0 atom stereocenters. The van der Waals surface area contributed by atoms with Crippen LogP contribution < -0.4 is 5.32 Å². The Morgan fingerprint density at radius 3 is 1.29 bits per heavy atom. The number of hydrogen-bond donors (Lipinski definition) is 1. The standard InChI is InChI=1S/C12H11N.FH/c1-3-7-11(8-4-1)13-12-9-5-2-6-10-12;/h1-10,13H;1H. The second kappa shape index (κ2) is 5.02. The van der Waals surface area contributed by atoms with Crippen LogP contribution in [0.2, 0.25) is 0 Å². The van der Waals surface area contributed by atoms with Gasteiger partial charge in [-0.15, -0.1) is 0 Å². The normalized spacial score (nSPS) is 8.86. The number of hydrogen-bond acceptors (Lipinski definition) is 1. The minimum Gasteiger partial charge on any atom is -0.356 e. The maximum absolute atomic E-state index is 3.30. The van der Waals surface area contributed by atoms with Gasteiger partial charge in [-0.2, -0.15) is 0 Å². The minimum atomic E-state index is 0. The first-order chi connectivity index (χ1) is 6.45. The highest BCUT2D eigenvalue weighted by Gasteiger charge is 1.89. The van der Waals surface area contributed by atoms with E-state index in [-0.39, 0.29) is 4.70 Å². The van der Waals surface area contributed by atoms with Gasteiger partial charge in [0, 0.05) is 11.4 Å². The number of benzene rings is 2. The van der Waals surface area contributed by atoms with E-state index in [2.05, 4.69) is 5.32 Å². The summed E-state index contributed by atoms with van der Waals surface area (Å²) >= 11 is 0. The van der Waals surface area contributed by atoms with Crippen molar-refractivity contribution in [2.24, 2.45) is 0 Å². The Hall–Kier alpha value is -1.83. The molecule has 2 aromatic rings. The molecule has 2 heteroatoms. The maximum atomic E-state index is 3.30. The third-order valence-electron chi connectivity index (χ3n) is 1.84. The molecule has 2 aromatic carbocycles. The van der Waals surface area contributed by atoms with Gasteiger partial charge in [0.05, 0.1) is 0 Å². The maximum Gasteiger partial charge on any atom is 0.0384 e. The lowest BCUT2D eigenvalue weighted by Gasteiger charge is -2.04. The first-order valence-corrected chi connectivity index (χ1v) is 4.32. The zero-order valence-corrected chi connectivity index (χ0v) is 7.68. The van der Waals surface area contributed by atoms with Crippen molar-refractivity contribution < 1.29 is 4.70 Å². The Morgan fingerprint density at radius 2 is 0.929 bits per heavy atom. The molecule has 0 amide bonds. The van der Waals surface area contributed by atoms with Crippen molar-refractivity contribution in [3.63, 3.8) is 0 Å². The molecule has 0 aliphatic heterocycles. The van der Waals surface area contributed by atoms with E-state index in [4.69, 9.17) is 0 Å². The van der Waals surface area contributed by atoms with Crippen LogP contribution in [0.4, 0.5) is 16.1 Å². The first-order valence-electron chi connectivity index (χ1n) is 4.32. The molecular formula is C12H12FN. The molecule has 1 nitrogen and oxygen atoms in total. The van der Waals surface area contributed by atoms with E-state index >= 15 is 0 Å². The molecule has 0 saturated heterocycles. The molecule has 0 radical (unpaired) electrons. The summed E-state index contributed by atoms with van der Waals surface area (Å²) in [6.45, 7) is 0. The Balaban J connectivity index is 0.000000980. The van der Waals surface area contributed by atoms with E-state index in [1.807, 2.05) is 60.7 Å². The second-order valence-corrected chi connectivity index (χ2v) is 2.86. The number of anilines is 2. The van der Waals surface area contributed by atoms with Gasteiger partial charge in [0.1, 0.15) is 0 Å². The van der Waals surface area contributed by atoms with Crippen molar-refractivity contribution in [1.29, 1.82) is 0 Å². The summed E-state index contributed by atoms with van der Waals surface area (Å²) in [5.41, 5.74) is 2.24. The first kappa shape index (κ1) is 10.3. The Bertz CT molecular complexity index is 321. The van der Waals surface area contributed by atoms with Crippen LogP contribution >= 0.6 is 0 Å². The van der Waals surface area contributed by atoms with Gasteiger partial charge in [0.15, 0.2) is 0 Å². The molecule has 2 rings (SSSR count). The smallest absolute Gasteiger partial charge is 0.0384 e. The Morgan fingerprint density at radius 1 is 0.571 bits per heavy atom. The van der Waals surface area contributed by atoms with Crippen LogP contribution in [0.1, 0.15) is 0 Å². The SMILES string of the molecule is F.c1ccc(Nc2ccccc2)cc1. The van der Waals surface area contributed by atoms with Crippen molar-refractivity contribution in [3.8, 4) is 0 Å². The van der Waals surface area contributed by atoms with E-state index in [1.54, 1.807) is 0 Å². The number of rotatable bonds is 2. The van der Waals surface area contributed by atoms with Gasteiger partial charge in [-0.3, -0.25) is 4.70 Å². The molecular weight excluding hydrogens is 177 g/mol. The number of halogens is 1. The summed E-state index contributed by atoms with van der Waals surface area (Å²) in [5.74, 6) is 0. The van der Waals surface area contributed by atoms with E-state index in [1.165, 1.54) is 0 Å². The van der Waals surface area contributed by atoms with Crippen LogP contribution in [0.5, 0.6) is 0 Å². The third-order valence-corrected chi connectivity index (χ3v) is 1.84. The Kier molecular flexibility index (Phi) is 3.68. The number of para-hydroxylation sites is 2. The highest BCUT2D eigenvalue weighted by atomic mass is 19.0. The quantitative estimate of drug-likeness (QED) is 0.761. The van der Waals surface area contributed by atoms with E-state index in [0.717, 1.165) is 11.4 Å². The van der Waals surface area contributed by atoms with Gasteiger partial charge in [-0.1, -0.05) is 36.4 Å². The summed E-state index contributed by atoms with van der Waals surface area (Å²) in [6, 6.07) is 20.3. The van der Waals surface area contributed by atoms with Crippen LogP contribution in [0.15, 0.2) is 60.7 Å². The van der Waals surface area contributed by atoms with Crippen LogP contribution in [-0.4, -0.2) is 0 Å². The predicted octanol–water partition coefficient (Wildman–Crippen LogP) is 3.58. The van der Waals surface area contributed by atoms with Crippen molar-refractivity contribution in [3.05, 3.63) is 60.7 Å². The van der Waals surface area contributed by atoms with Gasteiger partial charge in [-0.25, -0.2) is 0 Å². The van der Waals surface area contributed by atoms with Crippen LogP contribution in [0.25, 0.3) is 0 Å². The van der Waals surface area contributed by atoms with E-state index < -0.39 is 0 Å². The van der Waals surface area contributed by atoms with Gasteiger partial charge >= 0.3 is 0 Å². The molecule has 14 heavy (non-hydrogen) atoms. The topological polar surface area (TPSA) is 12.0 Å². The molecule has 0 bridgehead atoms.